The van der Waals surface area contributed by atoms with Crippen LogP contribution in [0.3, 0.4) is 0 Å². The summed E-state index contributed by atoms with van der Waals surface area (Å²) in [5, 5.41) is 14.6. The summed E-state index contributed by atoms with van der Waals surface area (Å²) in [6.45, 7) is 2.27. The predicted octanol–water partition coefficient (Wildman–Crippen LogP) is 2.17. The van der Waals surface area contributed by atoms with Gasteiger partial charge < -0.3 is 9.77 Å². The van der Waals surface area contributed by atoms with Crippen LogP contribution in [0.2, 0.25) is 0 Å². The lowest BCUT2D eigenvalue weighted by atomic mass is 10.3. The van der Waals surface area contributed by atoms with E-state index in [1.54, 1.807) is 13.0 Å². The molecule has 108 valence electrons. The molecule has 0 atom stereocenters. The third kappa shape index (κ3) is 1.92. The maximum absolute atomic E-state index is 12.8. The molecule has 0 unspecified atom stereocenters. The molecule has 0 aliphatic carbocycles. The number of rotatable bonds is 3. The standard InChI is InChI=1S/C12H15F2N5O/c1-3-18-10-6-17(20)5-9(10)15-11(18)8-4-7(2)19(16-8)12(13)14/h4,12,20H,3,5-6H2,1-2H3. The summed E-state index contributed by atoms with van der Waals surface area (Å²) in [5.41, 5.74) is 2.51. The number of hydrogen-bond acceptors (Lipinski definition) is 4. The van der Waals surface area contributed by atoms with Crippen LogP contribution in [0.15, 0.2) is 6.07 Å². The van der Waals surface area contributed by atoms with Gasteiger partial charge in [-0.05, 0) is 19.9 Å². The lowest BCUT2D eigenvalue weighted by Gasteiger charge is -2.09. The molecule has 3 rings (SSSR count). The van der Waals surface area contributed by atoms with Gasteiger partial charge in [0.15, 0.2) is 5.82 Å². The highest BCUT2D eigenvalue weighted by molar-refractivity contribution is 5.53. The molecule has 0 bridgehead atoms. The summed E-state index contributed by atoms with van der Waals surface area (Å²) < 4.78 is 28.2. The molecular formula is C12H15F2N5O. The van der Waals surface area contributed by atoms with E-state index in [9.17, 15) is 14.0 Å². The summed E-state index contributed by atoms with van der Waals surface area (Å²) in [5.74, 6) is 0.577. The molecule has 0 aromatic carbocycles. The Bertz CT molecular complexity index is 649. The van der Waals surface area contributed by atoms with Crippen molar-refractivity contribution >= 4 is 0 Å². The van der Waals surface area contributed by atoms with Crippen LogP contribution in [0.4, 0.5) is 8.78 Å². The zero-order chi connectivity index (χ0) is 14.4. The van der Waals surface area contributed by atoms with Crippen molar-refractivity contribution < 1.29 is 14.0 Å². The Kier molecular flexibility index (Phi) is 3.06. The van der Waals surface area contributed by atoms with Gasteiger partial charge in [-0.1, -0.05) is 0 Å². The number of aryl methyl sites for hydroxylation is 1. The van der Waals surface area contributed by atoms with E-state index < -0.39 is 6.55 Å². The molecule has 0 radical (unpaired) electrons. The summed E-state index contributed by atoms with van der Waals surface area (Å²) >= 11 is 0. The van der Waals surface area contributed by atoms with Gasteiger partial charge in [-0.3, -0.25) is 0 Å². The number of hydroxylamine groups is 2. The fraction of sp³-hybridized carbons (Fsp3) is 0.500. The van der Waals surface area contributed by atoms with E-state index in [1.807, 2.05) is 11.5 Å². The maximum atomic E-state index is 12.8. The Hall–Kier alpha value is -1.80. The van der Waals surface area contributed by atoms with Crippen LogP contribution in [-0.2, 0) is 19.6 Å². The van der Waals surface area contributed by atoms with Crippen molar-refractivity contribution in [1.29, 1.82) is 0 Å². The zero-order valence-electron chi connectivity index (χ0n) is 11.2. The van der Waals surface area contributed by atoms with E-state index in [1.165, 1.54) is 5.06 Å². The molecule has 20 heavy (non-hydrogen) atoms. The van der Waals surface area contributed by atoms with Crippen LogP contribution in [-0.4, -0.2) is 29.6 Å². The Morgan fingerprint density at radius 2 is 2.15 bits per heavy atom. The summed E-state index contributed by atoms with van der Waals surface area (Å²) in [6, 6.07) is 1.60. The largest absolute Gasteiger partial charge is 0.333 e. The van der Waals surface area contributed by atoms with Gasteiger partial charge in [0, 0.05) is 12.2 Å². The van der Waals surface area contributed by atoms with Crippen molar-refractivity contribution in [2.24, 2.45) is 0 Å². The number of nitrogens with zero attached hydrogens (tertiary/aromatic N) is 5. The number of fused-ring (bicyclic) bond motifs is 1. The molecule has 3 heterocycles. The highest BCUT2D eigenvalue weighted by atomic mass is 19.3. The van der Waals surface area contributed by atoms with Crippen LogP contribution in [0.5, 0.6) is 0 Å². The quantitative estimate of drug-likeness (QED) is 0.938. The smallest absolute Gasteiger partial charge is 0.325 e. The topological polar surface area (TPSA) is 59.1 Å². The molecule has 0 amide bonds. The van der Waals surface area contributed by atoms with Crippen molar-refractivity contribution in [2.75, 3.05) is 0 Å². The minimum absolute atomic E-state index is 0.351. The first-order valence-corrected chi connectivity index (χ1v) is 6.38. The number of hydrogen-bond donors (Lipinski definition) is 1. The SMILES string of the molecule is CCn1c(-c2cc(C)n(C(F)F)n2)nc2c1CN(O)C2. The first-order valence-electron chi connectivity index (χ1n) is 6.38. The van der Waals surface area contributed by atoms with Crippen LogP contribution in [0.25, 0.3) is 11.5 Å². The number of halogens is 2. The molecule has 0 spiro atoms. The minimum Gasteiger partial charge on any atom is -0.325 e. The van der Waals surface area contributed by atoms with Gasteiger partial charge in [0.05, 0.1) is 24.5 Å². The van der Waals surface area contributed by atoms with Gasteiger partial charge in [0.1, 0.15) is 5.69 Å². The van der Waals surface area contributed by atoms with Crippen LogP contribution in [0, 0.1) is 6.92 Å². The Morgan fingerprint density at radius 1 is 1.40 bits per heavy atom. The number of imidazole rings is 1. The number of aromatic nitrogens is 4. The molecule has 1 N–H and O–H groups in total. The predicted molar refractivity (Wildman–Crippen MR) is 66.1 cm³/mol. The lowest BCUT2D eigenvalue weighted by Crippen LogP contribution is -2.13. The van der Waals surface area contributed by atoms with Crippen molar-refractivity contribution in [3.8, 4) is 11.5 Å². The minimum atomic E-state index is -2.66. The summed E-state index contributed by atoms with van der Waals surface area (Å²) in [4.78, 5) is 4.44. The van der Waals surface area contributed by atoms with Crippen LogP contribution in [0.1, 0.15) is 30.6 Å². The first-order chi connectivity index (χ1) is 9.51. The fourth-order valence-electron chi connectivity index (χ4n) is 2.57. The zero-order valence-corrected chi connectivity index (χ0v) is 11.2. The van der Waals surface area contributed by atoms with Crippen LogP contribution >= 0.6 is 0 Å². The molecule has 1 aliphatic rings. The average molecular weight is 283 g/mol. The molecule has 1 aliphatic heterocycles. The highest BCUT2D eigenvalue weighted by Crippen LogP contribution is 2.28. The van der Waals surface area contributed by atoms with E-state index in [4.69, 9.17) is 0 Å². The third-order valence-electron chi connectivity index (χ3n) is 3.47. The third-order valence-corrected chi connectivity index (χ3v) is 3.47. The van der Waals surface area contributed by atoms with E-state index in [2.05, 4.69) is 10.1 Å². The number of alkyl halides is 2. The van der Waals surface area contributed by atoms with Crippen molar-refractivity contribution in [3.05, 3.63) is 23.1 Å². The van der Waals surface area contributed by atoms with Crippen molar-refractivity contribution in [2.45, 2.75) is 40.0 Å². The molecule has 2 aromatic rings. The van der Waals surface area contributed by atoms with Crippen molar-refractivity contribution in [1.82, 2.24) is 24.4 Å². The van der Waals surface area contributed by atoms with E-state index in [0.29, 0.717) is 41.5 Å². The molecule has 2 aromatic heterocycles. The first kappa shape index (κ1) is 13.2. The molecule has 6 nitrogen and oxygen atoms in total. The summed E-state index contributed by atoms with van der Waals surface area (Å²) in [7, 11) is 0. The Labute approximate surface area is 114 Å². The molecule has 0 saturated carbocycles. The molecule has 0 saturated heterocycles. The second kappa shape index (κ2) is 4.64. The average Bonchev–Trinajstić information content (AvgIpc) is 3.00. The highest BCUT2D eigenvalue weighted by Gasteiger charge is 2.27. The fourth-order valence-corrected chi connectivity index (χ4v) is 2.57. The summed E-state index contributed by atoms with van der Waals surface area (Å²) in [6.07, 6.45) is 0. The van der Waals surface area contributed by atoms with Crippen LogP contribution < -0.4 is 0 Å². The Morgan fingerprint density at radius 3 is 2.75 bits per heavy atom. The normalized spacial score (nSPS) is 15.3. The molecular weight excluding hydrogens is 268 g/mol. The molecule has 8 heteroatoms. The van der Waals surface area contributed by atoms with E-state index in [0.717, 1.165) is 11.4 Å². The maximum Gasteiger partial charge on any atom is 0.333 e. The van der Waals surface area contributed by atoms with Gasteiger partial charge in [-0.25, -0.2) is 9.67 Å². The Balaban J connectivity index is 2.07. The van der Waals surface area contributed by atoms with Crippen molar-refractivity contribution in [3.63, 3.8) is 0 Å². The van der Waals surface area contributed by atoms with Gasteiger partial charge in [-0.15, -0.1) is 0 Å². The van der Waals surface area contributed by atoms with E-state index >= 15 is 0 Å². The molecule has 0 fully saturated rings. The van der Waals surface area contributed by atoms with Gasteiger partial charge >= 0.3 is 6.55 Å². The van der Waals surface area contributed by atoms with E-state index in [-0.39, 0.29) is 0 Å². The lowest BCUT2D eigenvalue weighted by molar-refractivity contribution is -0.0985. The second-order valence-electron chi connectivity index (χ2n) is 4.79. The van der Waals surface area contributed by atoms with Gasteiger partial charge in [-0.2, -0.15) is 18.9 Å². The second-order valence-corrected chi connectivity index (χ2v) is 4.79. The monoisotopic (exact) mass is 283 g/mol. The van der Waals surface area contributed by atoms with Gasteiger partial charge in [0.25, 0.3) is 0 Å². The van der Waals surface area contributed by atoms with Gasteiger partial charge in [0.2, 0.25) is 0 Å².